The summed E-state index contributed by atoms with van der Waals surface area (Å²) in [7, 11) is 0. The van der Waals surface area contributed by atoms with Gasteiger partial charge in [-0.1, -0.05) is 0 Å². The van der Waals surface area contributed by atoms with Crippen molar-refractivity contribution < 1.29 is 0 Å². The topological polar surface area (TPSA) is 0 Å². The van der Waals surface area contributed by atoms with Crippen LogP contribution in [0.3, 0.4) is 0 Å². The third-order valence-electron chi connectivity index (χ3n) is 1.50. The van der Waals surface area contributed by atoms with Crippen LogP contribution >= 0.6 is 0 Å². The van der Waals surface area contributed by atoms with Crippen LogP contribution in [0.25, 0.3) is 8.87 Å². The van der Waals surface area contributed by atoms with Crippen LogP contribution in [0.15, 0.2) is 29.2 Å². The van der Waals surface area contributed by atoms with Crippen molar-refractivity contribution >= 4 is 29.0 Å². The molecule has 56 valence electrons. The van der Waals surface area contributed by atoms with E-state index < -0.39 is 0 Å². The van der Waals surface area contributed by atoms with Crippen molar-refractivity contribution in [1.82, 2.24) is 0 Å². The van der Waals surface area contributed by atoms with Gasteiger partial charge in [0.2, 0.25) is 0 Å². The maximum absolute atomic E-state index is 2.29. The Kier molecular flexibility index (Phi) is 2.20. The molecular weight excluding hydrogens is 266 g/mol. The molecule has 0 bridgehead atoms. The van der Waals surface area contributed by atoms with E-state index in [4.69, 9.17) is 0 Å². The molecule has 2 heteroatoms. The van der Waals surface area contributed by atoms with Gasteiger partial charge in [0.05, 0.1) is 0 Å². The molecular formula is C9H8Se2. The van der Waals surface area contributed by atoms with Crippen LogP contribution in [0.1, 0.15) is 4.44 Å². The molecule has 2 aromatic rings. The number of aryl methyl sites for hydroxylation is 1. The van der Waals surface area contributed by atoms with Crippen molar-refractivity contribution in [3.05, 3.63) is 33.6 Å². The first-order valence-corrected chi connectivity index (χ1v) is 7.02. The summed E-state index contributed by atoms with van der Waals surface area (Å²) in [5.74, 6) is 0. The third kappa shape index (κ3) is 1.60. The third-order valence-corrected chi connectivity index (χ3v) is 6.22. The van der Waals surface area contributed by atoms with E-state index in [0.717, 1.165) is 0 Å². The summed E-state index contributed by atoms with van der Waals surface area (Å²) in [6.45, 7) is 2.22. The zero-order valence-corrected chi connectivity index (χ0v) is 9.63. The fourth-order valence-corrected chi connectivity index (χ4v) is 4.97. The predicted molar refractivity (Wildman–Crippen MR) is 50.5 cm³/mol. The molecule has 2 aromatic heterocycles. The summed E-state index contributed by atoms with van der Waals surface area (Å²) >= 11 is 1.27. The van der Waals surface area contributed by atoms with E-state index >= 15 is 0 Å². The number of hydrogen-bond acceptors (Lipinski definition) is 0. The minimum atomic E-state index is 0.631. The Morgan fingerprint density at radius 3 is 2.55 bits per heavy atom. The van der Waals surface area contributed by atoms with Gasteiger partial charge in [-0.3, -0.25) is 0 Å². The molecule has 0 aromatic carbocycles. The van der Waals surface area contributed by atoms with Crippen molar-refractivity contribution in [2.45, 2.75) is 6.92 Å². The Hall–Kier alpha value is -0.00104. The van der Waals surface area contributed by atoms with Crippen LogP contribution in [-0.4, -0.2) is 29.0 Å². The molecule has 11 heavy (non-hydrogen) atoms. The first-order chi connectivity index (χ1) is 5.36. The average molecular weight is 274 g/mol. The zero-order chi connectivity index (χ0) is 7.68. The summed E-state index contributed by atoms with van der Waals surface area (Å²) in [6.07, 6.45) is 0. The normalized spacial score (nSPS) is 10.3. The van der Waals surface area contributed by atoms with E-state index in [2.05, 4.69) is 36.1 Å². The molecule has 0 aliphatic carbocycles. The van der Waals surface area contributed by atoms with Gasteiger partial charge in [-0.2, -0.15) is 0 Å². The van der Waals surface area contributed by atoms with Crippen molar-refractivity contribution in [1.29, 1.82) is 0 Å². The quantitative estimate of drug-likeness (QED) is 0.695. The molecule has 0 amide bonds. The summed E-state index contributed by atoms with van der Waals surface area (Å²) in [6, 6.07) is 8.99. The van der Waals surface area contributed by atoms with Gasteiger partial charge >= 0.3 is 78.4 Å². The van der Waals surface area contributed by atoms with Crippen LogP contribution in [0.5, 0.6) is 0 Å². The summed E-state index contributed by atoms with van der Waals surface area (Å²) in [5.41, 5.74) is 0. The van der Waals surface area contributed by atoms with E-state index in [-0.39, 0.29) is 0 Å². The van der Waals surface area contributed by atoms with Crippen molar-refractivity contribution in [2.24, 2.45) is 0 Å². The molecule has 0 atom stereocenters. The SMILES string of the molecule is Cc1ccc(-c2ccc[se]2)[se]1. The molecule has 0 spiro atoms. The van der Waals surface area contributed by atoms with Crippen molar-refractivity contribution in [3.8, 4) is 8.87 Å². The second kappa shape index (κ2) is 3.16. The van der Waals surface area contributed by atoms with Gasteiger partial charge in [-0.15, -0.1) is 0 Å². The molecule has 0 nitrogen and oxygen atoms in total. The van der Waals surface area contributed by atoms with E-state index in [1.165, 1.54) is 0 Å². The monoisotopic (exact) mass is 276 g/mol. The Bertz CT molecular complexity index is 330. The average Bonchev–Trinajstić information content (AvgIpc) is 2.55. The standard InChI is InChI=1S/C9H8Se2/c1-7-4-5-9(11-7)8-3-2-6-10-8/h2-6H,1H3. The zero-order valence-electron chi connectivity index (χ0n) is 6.20. The molecule has 0 radical (unpaired) electrons. The van der Waals surface area contributed by atoms with Gasteiger partial charge in [0.25, 0.3) is 0 Å². The summed E-state index contributed by atoms with van der Waals surface area (Å²) in [4.78, 5) is 2.28. The maximum atomic E-state index is 2.29. The Morgan fingerprint density at radius 1 is 1.09 bits per heavy atom. The van der Waals surface area contributed by atoms with Gasteiger partial charge in [0, 0.05) is 0 Å². The second-order valence-electron chi connectivity index (χ2n) is 2.39. The first-order valence-electron chi connectivity index (χ1n) is 3.46. The molecule has 0 saturated heterocycles. The van der Waals surface area contributed by atoms with E-state index in [9.17, 15) is 0 Å². The fraction of sp³-hybridized carbons (Fsp3) is 0.111. The van der Waals surface area contributed by atoms with Crippen molar-refractivity contribution in [3.63, 3.8) is 0 Å². The molecule has 0 saturated carbocycles. The first kappa shape index (κ1) is 7.64. The summed E-state index contributed by atoms with van der Waals surface area (Å²) < 4.78 is 4.74. The van der Waals surface area contributed by atoms with Crippen LogP contribution in [0.4, 0.5) is 0 Å². The number of rotatable bonds is 1. The Morgan fingerprint density at radius 2 is 2.00 bits per heavy atom. The van der Waals surface area contributed by atoms with E-state index in [1.54, 1.807) is 13.3 Å². The van der Waals surface area contributed by atoms with E-state index in [0.29, 0.717) is 29.0 Å². The number of hydrogen-bond donors (Lipinski definition) is 0. The molecule has 2 heterocycles. The minimum absolute atomic E-state index is 0.631. The Labute approximate surface area is 78.4 Å². The molecule has 0 aliphatic rings. The van der Waals surface area contributed by atoms with Gasteiger partial charge in [-0.25, -0.2) is 0 Å². The van der Waals surface area contributed by atoms with Crippen molar-refractivity contribution in [2.75, 3.05) is 0 Å². The fourth-order valence-electron chi connectivity index (χ4n) is 0.986. The van der Waals surface area contributed by atoms with Crippen LogP contribution < -0.4 is 0 Å². The van der Waals surface area contributed by atoms with Gasteiger partial charge < -0.3 is 0 Å². The molecule has 0 aliphatic heterocycles. The second-order valence-corrected chi connectivity index (χ2v) is 7.08. The summed E-state index contributed by atoms with van der Waals surface area (Å²) in [5, 5.41) is 0. The van der Waals surface area contributed by atoms with Gasteiger partial charge in [0.1, 0.15) is 0 Å². The van der Waals surface area contributed by atoms with Crippen LogP contribution in [-0.2, 0) is 0 Å². The molecule has 0 unspecified atom stereocenters. The van der Waals surface area contributed by atoms with Gasteiger partial charge in [-0.05, 0) is 0 Å². The van der Waals surface area contributed by atoms with Crippen LogP contribution in [0.2, 0.25) is 0 Å². The molecule has 0 N–H and O–H groups in total. The van der Waals surface area contributed by atoms with Gasteiger partial charge in [0.15, 0.2) is 0 Å². The van der Waals surface area contributed by atoms with Crippen LogP contribution in [0, 0.1) is 6.92 Å². The van der Waals surface area contributed by atoms with E-state index in [1.807, 2.05) is 0 Å². The Balaban J connectivity index is 2.45. The predicted octanol–water partition coefficient (Wildman–Crippen LogP) is 1.78. The molecule has 0 fully saturated rings. The molecule has 2 rings (SSSR count).